The zero-order valence-corrected chi connectivity index (χ0v) is 11.6. The Labute approximate surface area is 109 Å². The van der Waals surface area contributed by atoms with Crippen molar-refractivity contribution in [1.82, 2.24) is 14.5 Å². The minimum atomic E-state index is -0.0320. The number of aryl methyl sites for hydroxylation is 1. The van der Waals surface area contributed by atoms with E-state index in [1.165, 1.54) is 0 Å². The molecule has 5 nitrogen and oxygen atoms in total. The first-order chi connectivity index (χ1) is 8.51. The third kappa shape index (κ3) is 2.74. The fourth-order valence-electron chi connectivity index (χ4n) is 2.41. The molecule has 1 aromatic heterocycles. The highest BCUT2D eigenvalue weighted by Gasteiger charge is 2.34. The van der Waals surface area contributed by atoms with Gasteiger partial charge in [0.1, 0.15) is 5.82 Å². The molecule has 1 saturated heterocycles. The average Bonchev–Trinajstić information content (AvgIpc) is 2.76. The summed E-state index contributed by atoms with van der Waals surface area (Å²) in [5, 5.41) is 0. The van der Waals surface area contributed by atoms with Gasteiger partial charge in [-0.2, -0.15) is 0 Å². The standard InChI is InChI=1S/C13H24N4O/c1-13(2,17-6-8-18-9-7-17)11(14)10-12-15-4-5-16(12)3/h4-5,11H,6-10,14H2,1-3H3. The lowest BCUT2D eigenvalue weighted by molar-refractivity contribution is -0.0188. The van der Waals surface area contributed by atoms with Crippen molar-refractivity contribution in [3.05, 3.63) is 18.2 Å². The highest BCUT2D eigenvalue weighted by atomic mass is 16.5. The first-order valence-corrected chi connectivity index (χ1v) is 6.56. The first kappa shape index (κ1) is 13.5. The van der Waals surface area contributed by atoms with Gasteiger partial charge in [0.05, 0.1) is 13.2 Å². The van der Waals surface area contributed by atoms with Gasteiger partial charge in [-0.15, -0.1) is 0 Å². The number of aromatic nitrogens is 2. The van der Waals surface area contributed by atoms with Crippen LogP contribution in [0.5, 0.6) is 0 Å². The van der Waals surface area contributed by atoms with Gasteiger partial charge >= 0.3 is 0 Å². The van der Waals surface area contributed by atoms with Gasteiger partial charge in [0.2, 0.25) is 0 Å². The van der Waals surface area contributed by atoms with E-state index in [-0.39, 0.29) is 11.6 Å². The number of rotatable bonds is 4. The van der Waals surface area contributed by atoms with Gasteiger partial charge in [-0.3, -0.25) is 4.90 Å². The Bertz CT molecular complexity index is 382. The van der Waals surface area contributed by atoms with Gasteiger partial charge < -0.3 is 15.0 Å². The van der Waals surface area contributed by atoms with E-state index in [1.807, 2.05) is 24.0 Å². The molecule has 1 aromatic rings. The Morgan fingerprint density at radius 1 is 1.44 bits per heavy atom. The Morgan fingerprint density at radius 3 is 2.67 bits per heavy atom. The molecule has 1 fully saturated rings. The van der Waals surface area contributed by atoms with Gasteiger partial charge in [0, 0.05) is 50.5 Å². The van der Waals surface area contributed by atoms with Gasteiger partial charge in [0.25, 0.3) is 0 Å². The Balaban J connectivity index is 2.02. The minimum absolute atomic E-state index is 0.0320. The van der Waals surface area contributed by atoms with E-state index >= 15 is 0 Å². The molecular weight excluding hydrogens is 228 g/mol. The van der Waals surface area contributed by atoms with E-state index in [2.05, 4.69) is 23.7 Å². The molecule has 2 heterocycles. The topological polar surface area (TPSA) is 56.3 Å². The summed E-state index contributed by atoms with van der Waals surface area (Å²) in [5.41, 5.74) is 6.37. The summed E-state index contributed by atoms with van der Waals surface area (Å²) in [6, 6.07) is 0.0664. The lowest BCUT2D eigenvalue weighted by Crippen LogP contribution is -2.59. The zero-order valence-electron chi connectivity index (χ0n) is 11.6. The first-order valence-electron chi connectivity index (χ1n) is 6.56. The summed E-state index contributed by atoms with van der Waals surface area (Å²) >= 11 is 0. The monoisotopic (exact) mass is 252 g/mol. The van der Waals surface area contributed by atoms with Crippen LogP contribution in [0.4, 0.5) is 0 Å². The van der Waals surface area contributed by atoms with Crippen LogP contribution in [0.15, 0.2) is 12.4 Å². The zero-order chi connectivity index (χ0) is 13.2. The molecule has 0 aliphatic carbocycles. The normalized spacial score (nSPS) is 20.0. The largest absolute Gasteiger partial charge is 0.379 e. The maximum absolute atomic E-state index is 6.41. The summed E-state index contributed by atoms with van der Waals surface area (Å²) in [5.74, 6) is 1.05. The summed E-state index contributed by atoms with van der Waals surface area (Å²) in [7, 11) is 2.01. The van der Waals surface area contributed by atoms with Gasteiger partial charge in [-0.25, -0.2) is 4.98 Å². The van der Waals surface area contributed by atoms with Crippen molar-refractivity contribution in [2.45, 2.75) is 31.8 Å². The van der Waals surface area contributed by atoms with Crippen molar-refractivity contribution >= 4 is 0 Å². The van der Waals surface area contributed by atoms with E-state index in [9.17, 15) is 0 Å². The van der Waals surface area contributed by atoms with Gasteiger partial charge in [-0.05, 0) is 13.8 Å². The molecular formula is C13H24N4O. The van der Waals surface area contributed by atoms with Crippen molar-refractivity contribution in [2.24, 2.45) is 12.8 Å². The van der Waals surface area contributed by atoms with Crippen molar-refractivity contribution < 1.29 is 4.74 Å². The second kappa shape index (κ2) is 5.38. The van der Waals surface area contributed by atoms with Crippen LogP contribution in [0, 0.1) is 0 Å². The molecule has 1 atom stereocenters. The molecule has 1 aliphatic heterocycles. The number of ether oxygens (including phenoxy) is 1. The van der Waals surface area contributed by atoms with E-state index in [0.717, 1.165) is 38.5 Å². The molecule has 18 heavy (non-hydrogen) atoms. The number of hydrogen-bond donors (Lipinski definition) is 1. The molecule has 0 spiro atoms. The lowest BCUT2D eigenvalue weighted by atomic mass is 9.90. The summed E-state index contributed by atoms with van der Waals surface area (Å²) in [6.45, 7) is 7.96. The van der Waals surface area contributed by atoms with Crippen LogP contribution in [0.1, 0.15) is 19.7 Å². The highest BCUT2D eigenvalue weighted by Crippen LogP contribution is 2.21. The second-order valence-electron chi connectivity index (χ2n) is 5.52. The molecule has 0 radical (unpaired) electrons. The predicted octanol–water partition coefficient (Wildman–Crippen LogP) is 0.401. The molecule has 1 aliphatic rings. The molecule has 0 saturated carbocycles. The molecule has 0 amide bonds. The van der Waals surface area contributed by atoms with E-state index in [4.69, 9.17) is 10.5 Å². The van der Waals surface area contributed by atoms with E-state index < -0.39 is 0 Å². The van der Waals surface area contributed by atoms with Crippen molar-refractivity contribution in [2.75, 3.05) is 26.3 Å². The Kier molecular flexibility index (Phi) is 4.04. The molecule has 1 unspecified atom stereocenters. The van der Waals surface area contributed by atoms with Crippen LogP contribution in [0.3, 0.4) is 0 Å². The number of morpholine rings is 1. The third-order valence-electron chi connectivity index (χ3n) is 4.06. The van der Waals surface area contributed by atoms with Crippen LogP contribution in [-0.4, -0.2) is 52.3 Å². The van der Waals surface area contributed by atoms with Crippen LogP contribution >= 0.6 is 0 Å². The molecule has 0 bridgehead atoms. The van der Waals surface area contributed by atoms with Crippen LogP contribution in [0.25, 0.3) is 0 Å². The summed E-state index contributed by atoms with van der Waals surface area (Å²) < 4.78 is 7.44. The molecule has 102 valence electrons. The summed E-state index contributed by atoms with van der Waals surface area (Å²) in [6.07, 6.45) is 4.58. The molecule has 2 rings (SSSR count). The fraction of sp³-hybridized carbons (Fsp3) is 0.769. The molecule has 0 aromatic carbocycles. The highest BCUT2D eigenvalue weighted by molar-refractivity contribution is 5.01. The van der Waals surface area contributed by atoms with Crippen LogP contribution in [-0.2, 0) is 18.2 Å². The minimum Gasteiger partial charge on any atom is -0.379 e. The van der Waals surface area contributed by atoms with E-state index in [0.29, 0.717) is 0 Å². The van der Waals surface area contributed by atoms with Crippen molar-refractivity contribution in [3.8, 4) is 0 Å². The van der Waals surface area contributed by atoms with Gasteiger partial charge in [0.15, 0.2) is 0 Å². The SMILES string of the molecule is Cn1ccnc1CC(N)C(C)(C)N1CCOCC1. The fourth-order valence-corrected chi connectivity index (χ4v) is 2.41. The lowest BCUT2D eigenvalue weighted by Gasteiger charge is -2.44. The van der Waals surface area contributed by atoms with Crippen LogP contribution in [0.2, 0.25) is 0 Å². The Hall–Kier alpha value is -0.910. The quantitative estimate of drug-likeness (QED) is 0.843. The van der Waals surface area contributed by atoms with Crippen molar-refractivity contribution in [3.63, 3.8) is 0 Å². The Morgan fingerprint density at radius 2 is 2.11 bits per heavy atom. The van der Waals surface area contributed by atoms with E-state index in [1.54, 1.807) is 0 Å². The van der Waals surface area contributed by atoms with Crippen molar-refractivity contribution in [1.29, 1.82) is 0 Å². The third-order valence-corrected chi connectivity index (χ3v) is 4.06. The second-order valence-corrected chi connectivity index (χ2v) is 5.52. The summed E-state index contributed by atoms with van der Waals surface area (Å²) in [4.78, 5) is 6.77. The van der Waals surface area contributed by atoms with Crippen LogP contribution < -0.4 is 5.73 Å². The number of nitrogens with zero attached hydrogens (tertiary/aromatic N) is 3. The smallest absolute Gasteiger partial charge is 0.109 e. The maximum atomic E-state index is 6.41. The predicted molar refractivity (Wildman–Crippen MR) is 71.4 cm³/mol. The average molecular weight is 252 g/mol. The number of hydrogen-bond acceptors (Lipinski definition) is 4. The molecule has 5 heteroatoms. The number of imidazole rings is 1. The maximum Gasteiger partial charge on any atom is 0.109 e. The van der Waals surface area contributed by atoms with Gasteiger partial charge in [-0.1, -0.05) is 0 Å². The number of nitrogens with two attached hydrogens (primary N) is 1. The molecule has 2 N–H and O–H groups in total.